The molecule has 1 N–H and O–H groups in total. The van der Waals surface area contributed by atoms with Crippen molar-refractivity contribution in [1.82, 2.24) is 4.98 Å². The third-order valence-corrected chi connectivity index (χ3v) is 3.66. The summed E-state index contributed by atoms with van der Waals surface area (Å²) in [6, 6.07) is 5.96. The molecule has 0 amide bonds. The lowest BCUT2D eigenvalue weighted by atomic mass is 10.1. The fraction of sp³-hybridized carbons (Fsp3) is 0.250. The molecule has 90 valence electrons. The van der Waals surface area contributed by atoms with Crippen LogP contribution in [0.25, 0.3) is 0 Å². The van der Waals surface area contributed by atoms with Gasteiger partial charge in [0.25, 0.3) is 5.19 Å². The van der Waals surface area contributed by atoms with Gasteiger partial charge in [-0.3, -0.25) is 0 Å². The summed E-state index contributed by atoms with van der Waals surface area (Å²) in [5.74, 6) is 0.764. The molecule has 0 bridgehead atoms. The highest BCUT2D eigenvalue weighted by molar-refractivity contribution is 7.13. The number of aromatic nitrogens is 1. The van der Waals surface area contributed by atoms with Crippen LogP contribution in [-0.4, -0.2) is 10.1 Å². The van der Waals surface area contributed by atoms with E-state index in [0.717, 1.165) is 16.9 Å². The molecule has 0 aliphatic carbocycles. The lowest BCUT2D eigenvalue weighted by molar-refractivity contribution is 0.285. The molecule has 17 heavy (non-hydrogen) atoms. The lowest BCUT2D eigenvalue weighted by Crippen LogP contribution is -1.87. The molecule has 0 aliphatic rings. The van der Waals surface area contributed by atoms with Gasteiger partial charge in [-0.1, -0.05) is 35.1 Å². The minimum absolute atomic E-state index is 0.118. The van der Waals surface area contributed by atoms with E-state index in [1.807, 2.05) is 32.0 Å². The van der Waals surface area contributed by atoms with Gasteiger partial charge in [0.05, 0.1) is 11.5 Å². The predicted octanol–water partition coefficient (Wildman–Crippen LogP) is 3.70. The van der Waals surface area contributed by atoms with Crippen molar-refractivity contribution in [2.75, 3.05) is 0 Å². The minimum Gasteiger partial charge on any atom is -0.431 e. The fourth-order valence-electron chi connectivity index (χ4n) is 1.37. The molecule has 0 radical (unpaired) electrons. The normalized spacial score (nSPS) is 10.6. The first-order valence-corrected chi connectivity index (χ1v) is 6.30. The maximum absolute atomic E-state index is 9.03. The highest BCUT2D eigenvalue weighted by Crippen LogP contribution is 2.33. The summed E-state index contributed by atoms with van der Waals surface area (Å²) in [5, 5.41) is 9.78. The Labute approximate surface area is 109 Å². The second-order valence-corrected chi connectivity index (χ2v) is 5.13. The molecule has 0 unspecified atom stereocenters. The number of aryl methyl sites for hydroxylation is 2. The minimum atomic E-state index is -0.118. The van der Waals surface area contributed by atoms with Crippen LogP contribution in [0.5, 0.6) is 10.9 Å². The monoisotopic (exact) mass is 269 g/mol. The molecular formula is C12H12ClNO2S. The highest BCUT2D eigenvalue weighted by Gasteiger charge is 2.11. The molecule has 0 saturated carbocycles. The first-order valence-electron chi connectivity index (χ1n) is 5.11. The zero-order chi connectivity index (χ0) is 12.4. The maximum Gasteiger partial charge on any atom is 0.280 e. The molecule has 0 aliphatic heterocycles. The predicted molar refractivity (Wildman–Crippen MR) is 69.0 cm³/mol. The number of aliphatic hydroxyl groups excluding tert-OH is 1. The molecule has 0 atom stereocenters. The Bertz CT molecular complexity index is 539. The maximum atomic E-state index is 9.03. The number of aliphatic hydroxyl groups is 1. The Hall–Kier alpha value is -1.10. The number of nitrogens with zero attached hydrogens (tertiary/aromatic N) is 1. The number of rotatable bonds is 3. The zero-order valence-corrected chi connectivity index (χ0v) is 11.1. The Morgan fingerprint density at radius 3 is 2.82 bits per heavy atom. The SMILES string of the molecule is Cc1ccc(C)c(Oc2nc(Cl)c(CO)s2)c1. The number of hydrogen-bond acceptors (Lipinski definition) is 4. The third kappa shape index (κ3) is 2.77. The molecule has 1 aromatic carbocycles. The largest absolute Gasteiger partial charge is 0.431 e. The van der Waals surface area contributed by atoms with Crippen molar-refractivity contribution in [1.29, 1.82) is 0 Å². The van der Waals surface area contributed by atoms with Gasteiger partial charge >= 0.3 is 0 Å². The van der Waals surface area contributed by atoms with Gasteiger partial charge in [0, 0.05) is 0 Å². The first-order chi connectivity index (χ1) is 8.10. The van der Waals surface area contributed by atoms with Crippen LogP contribution < -0.4 is 4.74 Å². The second kappa shape index (κ2) is 5.04. The quantitative estimate of drug-likeness (QED) is 0.924. The molecule has 1 heterocycles. The van der Waals surface area contributed by atoms with E-state index in [0.29, 0.717) is 15.2 Å². The van der Waals surface area contributed by atoms with E-state index >= 15 is 0 Å². The van der Waals surface area contributed by atoms with Crippen molar-refractivity contribution in [2.45, 2.75) is 20.5 Å². The van der Waals surface area contributed by atoms with E-state index in [1.54, 1.807) is 0 Å². The summed E-state index contributed by atoms with van der Waals surface area (Å²) in [5.41, 5.74) is 2.16. The molecule has 0 spiro atoms. The number of hydrogen-bond donors (Lipinski definition) is 1. The van der Waals surface area contributed by atoms with E-state index in [9.17, 15) is 0 Å². The third-order valence-electron chi connectivity index (χ3n) is 2.31. The number of thiazole rings is 1. The van der Waals surface area contributed by atoms with Gasteiger partial charge in [0.1, 0.15) is 10.9 Å². The van der Waals surface area contributed by atoms with Gasteiger partial charge in [0.2, 0.25) is 0 Å². The van der Waals surface area contributed by atoms with E-state index in [1.165, 1.54) is 11.3 Å². The number of benzene rings is 1. The van der Waals surface area contributed by atoms with Crippen molar-refractivity contribution in [3.8, 4) is 10.9 Å². The Morgan fingerprint density at radius 2 is 2.18 bits per heavy atom. The van der Waals surface area contributed by atoms with Gasteiger partial charge in [-0.05, 0) is 31.0 Å². The fourth-order valence-corrected chi connectivity index (χ4v) is 2.34. The van der Waals surface area contributed by atoms with Crippen LogP contribution in [0.4, 0.5) is 0 Å². The highest BCUT2D eigenvalue weighted by atomic mass is 35.5. The molecule has 1 aromatic heterocycles. The average Bonchev–Trinajstić information content (AvgIpc) is 2.64. The molecule has 3 nitrogen and oxygen atoms in total. The Balaban J connectivity index is 2.27. The molecular weight excluding hydrogens is 258 g/mol. The topological polar surface area (TPSA) is 42.4 Å². The van der Waals surface area contributed by atoms with Crippen molar-refractivity contribution in [3.63, 3.8) is 0 Å². The zero-order valence-electron chi connectivity index (χ0n) is 9.53. The summed E-state index contributed by atoms with van der Waals surface area (Å²) in [4.78, 5) is 4.67. The van der Waals surface area contributed by atoms with Crippen molar-refractivity contribution in [2.24, 2.45) is 0 Å². The Morgan fingerprint density at radius 1 is 1.41 bits per heavy atom. The van der Waals surface area contributed by atoms with E-state index in [4.69, 9.17) is 21.4 Å². The van der Waals surface area contributed by atoms with Crippen LogP contribution in [0.15, 0.2) is 18.2 Å². The summed E-state index contributed by atoms with van der Waals surface area (Å²) in [6.45, 7) is 3.85. The van der Waals surface area contributed by atoms with Crippen LogP contribution in [0, 0.1) is 13.8 Å². The molecule has 0 fully saturated rings. The number of ether oxygens (including phenoxy) is 1. The van der Waals surface area contributed by atoms with E-state index in [2.05, 4.69) is 4.98 Å². The van der Waals surface area contributed by atoms with Crippen LogP contribution in [0.2, 0.25) is 5.15 Å². The summed E-state index contributed by atoms with van der Waals surface area (Å²) >= 11 is 7.10. The van der Waals surface area contributed by atoms with Gasteiger partial charge in [-0.25, -0.2) is 0 Å². The van der Waals surface area contributed by atoms with Gasteiger partial charge < -0.3 is 9.84 Å². The summed E-state index contributed by atoms with van der Waals surface area (Å²) in [7, 11) is 0. The van der Waals surface area contributed by atoms with Gasteiger partial charge in [0.15, 0.2) is 0 Å². The first kappa shape index (κ1) is 12.4. The van der Waals surface area contributed by atoms with Crippen LogP contribution in [0.3, 0.4) is 0 Å². The van der Waals surface area contributed by atoms with Crippen molar-refractivity contribution in [3.05, 3.63) is 39.4 Å². The smallest absolute Gasteiger partial charge is 0.280 e. The van der Waals surface area contributed by atoms with Crippen LogP contribution in [-0.2, 0) is 6.61 Å². The van der Waals surface area contributed by atoms with E-state index in [-0.39, 0.29) is 6.61 Å². The van der Waals surface area contributed by atoms with Crippen molar-refractivity contribution < 1.29 is 9.84 Å². The lowest BCUT2D eigenvalue weighted by Gasteiger charge is -2.06. The Kier molecular flexibility index (Phi) is 3.66. The molecule has 2 aromatic rings. The molecule has 2 rings (SSSR count). The summed E-state index contributed by atoms with van der Waals surface area (Å²) in [6.07, 6.45) is 0. The molecule has 0 saturated heterocycles. The van der Waals surface area contributed by atoms with Crippen molar-refractivity contribution >= 4 is 22.9 Å². The number of halogens is 1. The standard InChI is InChI=1S/C12H12ClNO2S/c1-7-3-4-8(2)9(5-7)16-12-14-11(13)10(6-15)17-12/h3-5,15H,6H2,1-2H3. The van der Waals surface area contributed by atoms with Crippen LogP contribution in [0.1, 0.15) is 16.0 Å². The second-order valence-electron chi connectivity index (χ2n) is 3.72. The summed E-state index contributed by atoms with van der Waals surface area (Å²) < 4.78 is 5.67. The van der Waals surface area contributed by atoms with Gasteiger partial charge in [-0.15, -0.1) is 0 Å². The molecule has 5 heteroatoms. The van der Waals surface area contributed by atoms with Gasteiger partial charge in [-0.2, -0.15) is 4.98 Å². The van der Waals surface area contributed by atoms with E-state index < -0.39 is 0 Å². The van der Waals surface area contributed by atoms with Crippen LogP contribution >= 0.6 is 22.9 Å². The average molecular weight is 270 g/mol.